The molecule has 90 valence electrons. The number of ether oxygens (including phenoxy) is 4. The minimum atomic E-state index is -0.0784. The summed E-state index contributed by atoms with van der Waals surface area (Å²) in [7, 11) is 3.34. The van der Waals surface area contributed by atoms with Crippen LogP contribution in [0.25, 0.3) is 0 Å². The smallest absolute Gasteiger partial charge is 0.160 e. The summed E-state index contributed by atoms with van der Waals surface area (Å²) in [6.07, 6.45) is 1.12. The Morgan fingerprint density at radius 1 is 1.00 bits per heavy atom. The largest absolute Gasteiger partial charge is 0.382 e. The third-order valence-electron chi connectivity index (χ3n) is 2.66. The van der Waals surface area contributed by atoms with E-state index in [1.807, 2.05) is 0 Å². The molecule has 0 bridgehead atoms. The number of hydrogen-bond acceptors (Lipinski definition) is 4. The first-order chi connectivity index (χ1) is 7.29. The lowest BCUT2D eigenvalue weighted by Crippen LogP contribution is -2.24. The molecule has 0 saturated heterocycles. The minimum Gasteiger partial charge on any atom is -0.382 e. The predicted octanol–water partition coefficient (Wildman–Crippen LogP) is 1.29. The van der Waals surface area contributed by atoms with Crippen LogP contribution >= 0.6 is 0 Å². The molecular formula is C11H22O4. The summed E-state index contributed by atoms with van der Waals surface area (Å²) in [5.41, 5.74) is 0. The highest BCUT2D eigenvalue weighted by Crippen LogP contribution is 2.42. The van der Waals surface area contributed by atoms with Gasteiger partial charge in [-0.05, 0) is 12.3 Å². The Bertz CT molecular complexity index is 153. The van der Waals surface area contributed by atoms with Crippen LogP contribution in [0.3, 0.4) is 0 Å². The molecule has 1 fully saturated rings. The second kappa shape index (κ2) is 7.17. The van der Waals surface area contributed by atoms with Crippen molar-refractivity contribution in [3.8, 4) is 0 Å². The molecule has 1 aliphatic carbocycles. The first-order valence-corrected chi connectivity index (χ1v) is 5.50. The van der Waals surface area contributed by atoms with E-state index >= 15 is 0 Å². The van der Waals surface area contributed by atoms with Gasteiger partial charge in [-0.1, -0.05) is 6.92 Å². The van der Waals surface area contributed by atoms with E-state index in [2.05, 4.69) is 6.92 Å². The highest BCUT2D eigenvalue weighted by Gasteiger charge is 2.40. The second-order valence-corrected chi connectivity index (χ2v) is 3.97. The Morgan fingerprint density at radius 2 is 1.47 bits per heavy atom. The molecule has 0 spiro atoms. The fourth-order valence-electron chi connectivity index (χ4n) is 1.52. The molecule has 0 amide bonds. The van der Waals surface area contributed by atoms with Gasteiger partial charge in [0, 0.05) is 20.1 Å². The van der Waals surface area contributed by atoms with Crippen LogP contribution in [-0.2, 0) is 18.9 Å². The van der Waals surface area contributed by atoms with E-state index in [0.717, 1.165) is 5.92 Å². The highest BCUT2D eigenvalue weighted by atomic mass is 16.7. The standard InChI is InChI=1S/C11H22O4/c1-9-8-10(9)11(14-6-4-12-2)15-7-5-13-3/h9-11H,4-8H2,1-3H3. The van der Waals surface area contributed by atoms with E-state index in [-0.39, 0.29) is 6.29 Å². The summed E-state index contributed by atoms with van der Waals surface area (Å²) < 4.78 is 21.1. The molecule has 1 rings (SSSR count). The molecule has 0 radical (unpaired) electrons. The third-order valence-corrected chi connectivity index (χ3v) is 2.66. The molecule has 2 atom stereocenters. The monoisotopic (exact) mass is 218 g/mol. The summed E-state index contributed by atoms with van der Waals surface area (Å²) >= 11 is 0. The van der Waals surface area contributed by atoms with Crippen molar-refractivity contribution >= 4 is 0 Å². The molecule has 4 heteroatoms. The van der Waals surface area contributed by atoms with Crippen molar-refractivity contribution in [2.45, 2.75) is 19.6 Å². The zero-order valence-electron chi connectivity index (χ0n) is 9.90. The molecule has 0 aliphatic heterocycles. The topological polar surface area (TPSA) is 36.9 Å². The Hall–Kier alpha value is -0.160. The average Bonchev–Trinajstić information content (AvgIpc) is 2.94. The SMILES string of the molecule is COCCOC(OCCOC)C1CC1C. The maximum atomic E-state index is 5.62. The van der Waals surface area contributed by atoms with Crippen molar-refractivity contribution in [2.75, 3.05) is 40.6 Å². The number of methoxy groups -OCH3 is 2. The van der Waals surface area contributed by atoms with E-state index in [4.69, 9.17) is 18.9 Å². The third kappa shape index (κ3) is 4.93. The van der Waals surface area contributed by atoms with E-state index in [1.165, 1.54) is 6.42 Å². The molecule has 2 unspecified atom stereocenters. The van der Waals surface area contributed by atoms with Gasteiger partial charge in [0.25, 0.3) is 0 Å². The Kier molecular flexibility index (Phi) is 6.17. The van der Waals surface area contributed by atoms with Crippen molar-refractivity contribution in [3.05, 3.63) is 0 Å². The number of hydrogen-bond donors (Lipinski definition) is 0. The van der Waals surface area contributed by atoms with E-state index in [0.29, 0.717) is 32.3 Å². The van der Waals surface area contributed by atoms with Crippen LogP contribution in [-0.4, -0.2) is 46.9 Å². The van der Waals surface area contributed by atoms with Crippen LogP contribution in [0.5, 0.6) is 0 Å². The van der Waals surface area contributed by atoms with Crippen molar-refractivity contribution < 1.29 is 18.9 Å². The van der Waals surface area contributed by atoms with Crippen molar-refractivity contribution in [3.63, 3.8) is 0 Å². The molecule has 15 heavy (non-hydrogen) atoms. The van der Waals surface area contributed by atoms with Crippen LogP contribution in [0.2, 0.25) is 0 Å². The van der Waals surface area contributed by atoms with Gasteiger partial charge in [0.2, 0.25) is 0 Å². The highest BCUT2D eigenvalue weighted by molar-refractivity contribution is 4.85. The molecule has 0 aromatic carbocycles. The van der Waals surface area contributed by atoms with Gasteiger partial charge in [0.15, 0.2) is 6.29 Å². The lowest BCUT2D eigenvalue weighted by molar-refractivity contribution is -0.167. The first-order valence-electron chi connectivity index (χ1n) is 5.50. The zero-order valence-corrected chi connectivity index (χ0v) is 9.90. The summed E-state index contributed by atoms with van der Waals surface area (Å²) in [5.74, 6) is 1.28. The number of rotatable bonds is 9. The van der Waals surface area contributed by atoms with Gasteiger partial charge in [-0.3, -0.25) is 0 Å². The van der Waals surface area contributed by atoms with E-state index < -0.39 is 0 Å². The quantitative estimate of drug-likeness (QED) is 0.432. The molecule has 1 aliphatic rings. The van der Waals surface area contributed by atoms with Gasteiger partial charge >= 0.3 is 0 Å². The molecule has 0 aromatic rings. The van der Waals surface area contributed by atoms with Crippen LogP contribution in [0.1, 0.15) is 13.3 Å². The molecule has 0 N–H and O–H groups in total. The van der Waals surface area contributed by atoms with Gasteiger partial charge in [-0.25, -0.2) is 0 Å². The van der Waals surface area contributed by atoms with Gasteiger partial charge in [-0.2, -0.15) is 0 Å². The summed E-state index contributed by atoms with van der Waals surface area (Å²) in [6, 6.07) is 0. The molecule has 0 aromatic heterocycles. The Morgan fingerprint density at radius 3 is 1.80 bits per heavy atom. The van der Waals surface area contributed by atoms with Crippen LogP contribution in [0, 0.1) is 11.8 Å². The van der Waals surface area contributed by atoms with E-state index in [1.54, 1.807) is 14.2 Å². The van der Waals surface area contributed by atoms with Crippen LogP contribution in [0.15, 0.2) is 0 Å². The lowest BCUT2D eigenvalue weighted by atomic mass is 10.3. The zero-order chi connectivity index (χ0) is 11.1. The van der Waals surface area contributed by atoms with Crippen molar-refractivity contribution in [2.24, 2.45) is 11.8 Å². The van der Waals surface area contributed by atoms with E-state index in [9.17, 15) is 0 Å². The van der Waals surface area contributed by atoms with Gasteiger partial charge in [-0.15, -0.1) is 0 Å². The fourth-order valence-corrected chi connectivity index (χ4v) is 1.52. The molecule has 0 heterocycles. The van der Waals surface area contributed by atoms with Crippen LogP contribution in [0.4, 0.5) is 0 Å². The molecule has 4 nitrogen and oxygen atoms in total. The van der Waals surface area contributed by atoms with Crippen LogP contribution < -0.4 is 0 Å². The molecular weight excluding hydrogens is 196 g/mol. The molecule has 1 saturated carbocycles. The second-order valence-electron chi connectivity index (χ2n) is 3.97. The van der Waals surface area contributed by atoms with Crippen molar-refractivity contribution in [1.29, 1.82) is 0 Å². The predicted molar refractivity (Wildman–Crippen MR) is 56.7 cm³/mol. The lowest BCUT2D eigenvalue weighted by Gasteiger charge is -2.18. The van der Waals surface area contributed by atoms with Gasteiger partial charge in [0.05, 0.1) is 26.4 Å². The minimum absolute atomic E-state index is 0.0784. The van der Waals surface area contributed by atoms with Gasteiger partial charge in [0.1, 0.15) is 0 Å². The summed E-state index contributed by atoms with van der Waals surface area (Å²) in [4.78, 5) is 0. The van der Waals surface area contributed by atoms with Gasteiger partial charge < -0.3 is 18.9 Å². The maximum Gasteiger partial charge on any atom is 0.160 e. The Labute approximate surface area is 91.8 Å². The summed E-state index contributed by atoms with van der Waals surface area (Å²) in [5, 5.41) is 0. The fraction of sp³-hybridized carbons (Fsp3) is 1.00. The average molecular weight is 218 g/mol. The first kappa shape index (κ1) is 12.9. The normalized spacial score (nSPS) is 24.8. The summed E-state index contributed by atoms with van der Waals surface area (Å²) in [6.45, 7) is 4.64. The Balaban J connectivity index is 2.14. The van der Waals surface area contributed by atoms with Crippen molar-refractivity contribution in [1.82, 2.24) is 0 Å². The maximum absolute atomic E-state index is 5.62.